The van der Waals surface area contributed by atoms with E-state index in [2.05, 4.69) is 10.3 Å². The van der Waals surface area contributed by atoms with Crippen molar-refractivity contribution in [1.82, 2.24) is 14.2 Å². The molecule has 1 fully saturated rings. The molecular formula is C18H23N5O3S. The molecule has 1 aliphatic rings. The topological polar surface area (TPSA) is 109 Å². The van der Waals surface area contributed by atoms with Gasteiger partial charge in [-0.25, -0.2) is 13.4 Å². The Labute approximate surface area is 159 Å². The SMILES string of the molecule is Cc1ccc(S(=O)(=O)N2CCN(CC(=O)Nc3ccc(N)nc3)CC2)cc1. The predicted molar refractivity (Wildman–Crippen MR) is 104 cm³/mol. The van der Waals surface area contributed by atoms with Crippen LogP contribution >= 0.6 is 0 Å². The number of benzene rings is 1. The fourth-order valence-corrected chi connectivity index (χ4v) is 4.29. The number of anilines is 2. The largest absolute Gasteiger partial charge is 0.384 e. The zero-order valence-corrected chi connectivity index (χ0v) is 15.9. The Balaban J connectivity index is 1.53. The van der Waals surface area contributed by atoms with E-state index in [4.69, 9.17) is 5.73 Å². The lowest BCUT2D eigenvalue weighted by Gasteiger charge is -2.33. The zero-order valence-electron chi connectivity index (χ0n) is 15.1. The minimum atomic E-state index is -3.50. The maximum absolute atomic E-state index is 12.7. The molecule has 0 saturated carbocycles. The highest BCUT2D eigenvalue weighted by Gasteiger charge is 2.28. The molecule has 1 aliphatic heterocycles. The summed E-state index contributed by atoms with van der Waals surface area (Å²) in [7, 11) is -3.50. The zero-order chi connectivity index (χ0) is 19.4. The predicted octanol–water partition coefficient (Wildman–Crippen LogP) is 0.917. The number of hydrogen-bond acceptors (Lipinski definition) is 6. The molecule has 3 rings (SSSR count). The summed E-state index contributed by atoms with van der Waals surface area (Å²) in [5, 5.41) is 2.76. The van der Waals surface area contributed by atoms with Crippen LogP contribution in [0.5, 0.6) is 0 Å². The Morgan fingerprint density at radius 3 is 2.37 bits per heavy atom. The number of aromatic nitrogens is 1. The standard InChI is InChI=1S/C18H23N5O3S/c1-14-2-5-16(6-3-14)27(25,26)23-10-8-22(9-11-23)13-18(24)21-15-4-7-17(19)20-12-15/h2-7,12H,8-11,13H2,1H3,(H2,19,20)(H,21,24). The second-order valence-electron chi connectivity index (χ2n) is 6.51. The molecule has 2 heterocycles. The number of nitrogens with zero attached hydrogens (tertiary/aromatic N) is 3. The van der Waals surface area contributed by atoms with E-state index in [1.165, 1.54) is 10.5 Å². The van der Waals surface area contributed by atoms with Gasteiger partial charge in [-0.1, -0.05) is 17.7 Å². The number of hydrogen-bond donors (Lipinski definition) is 2. The van der Waals surface area contributed by atoms with Crippen molar-refractivity contribution in [3.05, 3.63) is 48.2 Å². The minimum Gasteiger partial charge on any atom is -0.384 e. The highest BCUT2D eigenvalue weighted by Crippen LogP contribution is 2.18. The van der Waals surface area contributed by atoms with Gasteiger partial charge in [0.2, 0.25) is 15.9 Å². The smallest absolute Gasteiger partial charge is 0.243 e. The number of piperazine rings is 1. The summed E-state index contributed by atoms with van der Waals surface area (Å²) in [6.45, 7) is 3.82. The molecule has 3 N–H and O–H groups in total. The fraction of sp³-hybridized carbons (Fsp3) is 0.333. The number of rotatable bonds is 5. The van der Waals surface area contributed by atoms with Crippen LogP contribution in [0, 0.1) is 6.92 Å². The Kier molecular flexibility index (Phi) is 5.73. The quantitative estimate of drug-likeness (QED) is 0.787. The molecule has 2 aromatic rings. The average molecular weight is 389 g/mol. The Hall–Kier alpha value is -2.49. The van der Waals surface area contributed by atoms with E-state index in [0.29, 0.717) is 42.6 Å². The highest BCUT2D eigenvalue weighted by atomic mass is 32.2. The van der Waals surface area contributed by atoms with Crippen LogP contribution < -0.4 is 11.1 Å². The van der Waals surface area contributed by atoms with E-state index in [9.17, 15) is 13.2 Å². The molecule has 27 heavy (non-hydrogen) atoms. The second-order valence-corrected chi connectivity index (χ2v) is 8.45. The van der Waals surface area contributed by atoms with Gasteiger partial charge in [0.1, 0.15) is 5.82 Å². The van der Waals surface area contributed by atoms with Crippen LogP contribution in [-0.4, -0.2) is 61.2 Å². The molecule has 9 heteroatoms. The lowest BCUT2D eigenvalue weighted by Crippen LogP contribution is -2.50. The van der Waals surface area contributed by atoms with E-state index in [-0.39, 0.29) is 12.5 Å². The number of sulfonamides is 1. The molecule has 1 aromatic heterocycles. The first-order chi connectivity index (χ1) is 12.8. The van der Waals surface area contributed by atoms with E-state index < -0.39 is 10.0 Å². The molecule has 0 radical (unpaired) electrons. The highest BCUT2D eigenvalue weighted by molar-refractivity contribution is 7.89. The molecule has 1 amide bonds. The number of amides is 1. The van der Waals surface area contributed by atoms with Crippen LogP contribution in [0.2, 0.25) is 0 Å². The van der Waals surface area contributed by atoms with Crippen molar-refractivity contribution in [3.8, 4) is 0 Å². The molecule has 1 saturated heterocycles. The second kappa shape index (κ2) is 8.03. The van der Waals surface area contributed by atoms with Gasteiger partial charge in [0.05, 0.1) is 23.3 Å². The van der Waals surface area contributed by atoms with Crippen molar-refractivity contribution < 1.29 is 13.2 Å². The molecule has 0 spiro atoms. The average Bonchev–Trinajstić information content (AvgIpc) is 2.64. The third-order valence-electron chi connectivity index (χ3n) is 4.43. The maximum atomic E-state index is 12.7. The summed E-state index contributed by atoms with van der Waals surface area (Å²) >= 11 is 0. The molecule has 1 aromatic carbocycles. The van der Waals surface area contributed by atoms with Crippen molar-refractivity contribution in [2.24, 2.45) is 0 Å². The summed E-state index contributed by atoms with van der Waals surface area (Å²) < 4.78 is 26.9. The lowest BCUT2D eigenvalue weighted by atomic mass is 10.2. The van der Waals surface area contributed by atoms with Crippen LogP contribution in [0.4, 0.5) is 11.5 Å². The van der Waals surface area contributed by atoms with Gasteiger partial charge >= 0.3 is 0 Å². The van der Waals surface area contributed by atoms with Crippen LogP contribution in [0.25, 0.3) is 0 Å². The number of nitrogens with one attached hydrogen (secondary N) is 1. The molecule has 0 unspecified atom stereocenters. The first-order valence-electron chi connectivity index (χ1n) is 8.65. The Morgan fingerprint density at radius 2 is 1.78 bits per heavy atom. The Bertz CT molecular complexity index is 890. The first-order valence-corrected chi connectivity index (χ1v) is 10.1. The van der Waals surface area contributed by atoms with Crippen molar-refractivity contribution >= 4 is 27.4 Å². The van der Waals surface area contributed by atoms with Crippen molar-refractivity contribution in [2.75, 3.05) is 43.8 Å². The van der Waals surface area contributed by atoms with Crippen molar-refractivity contribution in [1.29, 1.82) is 0 Å². The molecule has 0 bridgehead atoms. The molecule has 0 atom stereocenters. The number of nitrogen functional groups attached to an aromatic ring is 1. The van der Waals surface area contributed by atoms with Gasteiger partial charge in [0.15, 0.2) is 0 Å². The minimum absolute atomic E-state index is 0.170. The third-order valence-corrected chi connectivity index (χ3v) is 6.34. The normalized spacial score (nSPS) is 16.2. The molecule has 144 valence electrons. The van der Waals surface area contributed by atoms with Crippen molar-refractivity contribution in [3.63, 3.8) is 0 Å². The monoisotopic (exact) mass is 389 g/mol. The van der Waals surface area contributed by atoms with Crippen LogP contribution in [0.3, 0.4) is 0 Å². The van der Waals surface area contributed by atoms with Gasteiger partial charge in [-0.15, -0.1) is 0 Å². The summed E-state index contributed by atoms with van der Waals surface area (Å²) in [6.07, 6.45) is 1.50. The van der Waals surface area contributed by atoms with Crippen LogP contribution in [-0.2, 0) is 14.8 Å². The number of nitrogens with two attached hydrogens (primary N) is 1. The summed E-state index contributed by atoms with van der Waals surface area (Å²) in [5.74, 6) is 0.218. The molecule has 0 aliphatic carbocycles. The summed E-state index contributed by atoms with van der Waals surface area (Å²) in [6, 6.07) is 10.1. The van der Waals surface area contributed by atoms with Crippen LogP contribution in [0.1, 0.15) is 5.56 Å². The lowest BCUT2D eigenvalue weighted by molar-refractivity contribution is -0.117. The number of carbonyl (C=O) groups excluding carboxylic acids is 1. The van der Waals surface area contributed by atoms with E-state index in [0.717, 1.165) is 5.56 Å². The molecule has 8 nitrogen and oxygen atoms in total. The van der Waals surface area contributed by atoms with Gasteiger partial charge < -0.3 is 11.1 Å². The van der Waals surface area contributed by atoms with Crippen molar-refractivity contribution in [2.45, 2.75) is 11.8 Å². The molecular weight excluding hydrogens is 366 g/mol. The summed E-state index contributed by atoms with van der Waals surface area (Å²) in [4.78, 5) is 18.3. The van der Waals surface area contributed by atoms with Gasteiger partial charge in [-0.2, -0.15) is 4.31 Å². The number of pyridine rings is 1. The third kappa shape index (κ3) is 4.82. The number of aryl methyl sites for hydroxylation is 1. The van der Waals surface area contributed by atoms with E-state index in [1.807, 2.05) is 11.8 Å². The number of carbonyl (C=O) groups is 1. The Morgan fingerprint density at radius 1 is 1.11 bits per heavy atom. The fourth-order valence-electron chi connectivity index (χ4n) is 2.87. The van der Waals surface area contributed by atoms with Gasteiger partial charge in [-0.05, 0) is 31.2 Å². The van der Waals surface area contributed by atoms with E-state index in [1.54, 1.807) is 36.4 Å². The maximum Gasteiger partial charge on any atom is 0.243 e. The first kappa shape index (κ1) is 19.3. The van der Waals surface area contributed by atoms with Gasteiger partial charge in [0.25, 0.3) is 0 Å². The van der Waals surface area contributed by atoms with Gasteiger partial charge in [0, 0.05) is 26.2 Å². The van der Waals surface area contributed by atoms with Gasteiger partial charge in [-0.3, -0.25) is 9.69 Å². The van der Waals surface area contributed by atoms with E-state index >= 15 is 0 Å². The summed E-state index contributed by atoms with van der Waals surface area (Å²) in [5.41, 5.74) is 7.11. The van der Waals surface area contributed by atoms with Crippen LogP contribution in [0.15, 0.2) is 47.5 Å².